The lowest BCUT2D eigenvalue weighted by atomic mass is 10.0. The average molecular weight is 512 g/mol. The Morgan fingerprint density at radius 1 is 0.838 bits per heavy atom. The third-order valence-electron chi connectivity index (χ3n) is 6.98. The summed E-state index contributed by atoms with van der Waals surface area (Å²) in [4.78, 5) is 26.6. The molecule has 0 unspecified atom stereocenters. The largest absolute Gasteiger partial charge is 0.422 e. The zero-order chi connectivity index (χ0) is 26.9. The molecule has 0 radical (unpaired) electrons. The number of nitrogens with one attached hydrogen (secondary N) is 1. The van der Waals surface area contributed by atoms with E-state index in [1.807, 2.05) is 37.2 Å². The molecule has 2 aromatic rings. The molecule has 0 saturated carbocycles. The third-order valence-corrected chi connectivity index (χ3v) is 6.98. The van der Waals surface area contributed by atoms with Gasteiger partial charge in [-0.15, -0.1) is 0 Å². The molecule has 1 aromatic carbocycles. The van der Waals surface area contributed by atoms with Crippen LogP contribution in [-0.2, 0) is 4.79 Å². The van der Waals surface area contributed by atoms with Crippen LogP contribution < -0.4 is 16.0 Å². The summed E-state index contributed by atoms with van der Waals surface area (Å²) < 4.78 is 5.50. The number of fused-ring (bicyclic) bond motifs is 1. The number of amides is 1. The molecule has 0 aliphatic carbocycles. The molecule has 1 aromatic heterocycles. The second kappa shape index (κ2) is 17.8. The van der Waals surface area contributed by atoms with Crippen LogP contribution in [0.1, 0.15) is 122 Å². The van der Waals surface area contributed by atoms with Crippen LogP contribution in [0.4, 0.5) is 5.69 Å². The highest BCUT2D eigenvalue weighted by molar-refractivity contribution is 6.01. The summed E-state index contributed by atoms with van der Waals surface area (Å²) in [5, 5.41) is 4.96. The zero-order valence-electron chi connectivity index (χ0n) is 23.7. The van der Waals surface area contributed by atoms with Crippen LogP contribution in [0.3, 0.4) is 0 Å². The number of carbonyl (C=O) groups is 1. The summed E-state index contributed by atoms with van der Waals surface area (Å²) in [6.07, 6.45) is 20.0. The molecule has 1 amide bonds. The molecule has 1 N–H and O–H groups in total. The van der Waals surface area contributed by atoms with E-state index in [-0.39, 0.29) is 5.91 Å². The Kier molecular flexibility index (Phi) is 14.7. The van der Waals surface area contributed by atoms with Crippen molar-refractivity contribution in [3.63, 3.8) is 0 Å². The maximum Gasteiger partial charge on any atom is 0.345 e. The molecule has 0 saturated heterocycles. The molecule has 0 aliphatic heterocycles. The minimum atomic E-state index is -0.457. The van der Waals surface area contributed by atoms with Crippen LogP contribution in [0, 0.1) is 0 Å². The first-order valence-corrected chi connectivity index (χ1v) is 14.5. The Hall–Kier alpha value is -2.63. The van der Waals surface area contributed by atoms with Crippen LogP contribution in [0.25, 0.3) is 11.0 Å². The predicted molar refractivity (Wildman–Crippen MR) is 157 cm³/mol. The summed E-state index contributed by atoms with van der Waals surface area (Å²) in [6.45, 7) is 3.98. The highest BCUT2D eigenvalue weighted by Crippen LogP contribution is 2.20. The second-order valence-electron chi connectivity index (χ2n) is 10.5. The molecule has 206 valence electrons. The van der Waals surface area contributed by atoms with Gasteiger partial charge in [0.1, 0.15) is 5.58 Å². The van der Waals surface area contributed by atoms with E-state index in [2.05, 4.69) is 17.5 Å². The van der Waals surface area contributed by atoms with E-state index < -0.39 is 5.63 Å². The van der Waals surface area contributed by atoms with Crippen molar-refractivity contribution in [2.45, 2.75) is 117 Å². The van der Waals surface area contributed by atoms with Gasteiger partial charge >= 0.3 is 5.63 Å². The minimum absolute atomic E-state index is 0.116. The number of nitrogens with zero attached hydrogens (tertiary/aromatic N) is 2. The van der Waals surface area contributed by atoms with E-state index >= 15 is 0 Å². The lowest BCUT2D eigenvalue weighted by Crippen LogP contribution is -2.21. The van der Waals surface area contributed by atoms with Gasteiger partial charge in [-0.3, -0.25) is 4.79 Å². The Morgan fingerprint density at radius 2 is 1.38 bits per heavy atom. The summed E-state index contributed by atoms with van der Waals surface area (Å²) in [7, 11) is 3.87. The summed E-state index contributed by atoms with van der Waals surface area (Å²) >= 11 is 0. The van der Waals surface area contributed by atoms with E-state index in [4.69, 9.17) is 4.42 Å². The standard InChI is InChI=1S/C31H49N3O3/c1-5-6-7-8-9-10-11-12-13-14-15-16-17-18-19-20-30(35)33-32-25(2)28-23-26-21-22-27(34(3)4)24-29(26)37-31(28)36/h21-24H,5-20H2,1-4H3,(H,33,35). The number of anilines is 1. The number of benzene rings is 1. The highest BCUT2D eigenvalue weighted by Gasteiger charge is 2.10. The zero-order valence-corrected chi connectivity index (χ0v) is 23.7. The third kappa shape index (κ3) is 12.0. The van der Waals surface area contributed by atoms with Crippen molar-refractivity contribution < 1.29 is 9.21 Å². The van der Waals surface area contributed by atoms with Gasteiger partial charge in [0.05, 0.1) is 11.3 Å². The van der Waals surface area contributed by atoms with Crippen molar-refractivity contribution in [3.05, 3.63) is 40.2 Å². The molecular formula is C31H49N3O3. The van der Waals surface area contributed by atoms with Crippen LogP contribution in [-0.4, -0.2) is 25.7 Å². The fraction of sp³-hybridized carbons (Fsp3) is 0.645. The molecule has 6 nitrogen and oxygen atoms in total. The Balaban J connectivity index is 1.57. The molecule has 37 heavy (non-hydrogen) atoms. The molecular weight excluding hydrogens is 462 g/mol. The first-order valence-electron chi connectivity index (χ1n) is 14.5. The van der Waals surface area contributed by atoms with Crippen LogP contribution in [0.15, 0.2) is 38.6 Å². The van der Waals surface area contributed by atoms with E-state index in [1.54, 1.807) is 13.0 Å². The smallest absolute Gasteiger partial charge is 0.345 e. The van der Waals surface area contributed by atoms with Crippen LogP contribution in [0.5, 0.6) is 0 Å². The summed E-state index contributed by atoms with van der Waals surface area (Å²) in [5.41, 5.74) is 4.43. The molecule has 0 fully saturated rings. The van der Waals surface area contributed by atoms with Gasteiger partial charge < -0.3 is 9.32 Å². The Morgan fingerprint density at radius 3 is 1.92 bits per heavy atom. The Bertz CT molecular complexity index is 1030. The average Bonchev–Trinajstić information content (AvgIpc) is 2.88. The van der Waals surface area contributed by atoms with E-state index in [9.17, 15) is 9.59 Å². The van der Waals surface area contributed by atoms with Gasteiger partial charge in [0, 0.05) is 37.7 Å². The molecule has 0 bridgehead atoms. The SMILES string of the molecule is CCCCCCCCCCCCCCCCCC(=O)NN=C(C)c1cc2ccc(N(C)C)cc2oc1=O. The van der Waals surface area contributed by atoms with E-state index in [0.717, 1.165) is 23.9 Å². The number of unbranched alkanes of at least 4 members (excludes halogenated alkanes) is 14. The quantitative estimate of drug-likeness (QED) is 0.0898. The highest BCUT2D eigenvalue weighted by atomic mass is 16.4. The van der Waals surface area contributed by atoms with Gasteiger partial charge in [-0.25, -0.2) is 10.2 Å². The normalized spacial score (nSPS) is 11.7. The van der Waals surface area contributed by atoms with Crippen molar-refractivity contribution >= 4 is 28.3 Å². The van der Waals surface area contributed by atoms with Crippen molar-refractivity contribution in [2.24, 2.45) is 5.10 Å². The van der Waals surface area contributed by atoms with Crippen molar-refractivity contribution in [2.75, 3.05) is 19.0 Å². The predicted octanol–water partition coefficient (Wildman–Crippen LogP) is 7.96. The molecule has 6 heteroatoms. The number of hydrogen-bond acceptors (Lipinski definition) is 5. The lowest BCUT2D eigenvalue weighted by molar-refractivity contribution is -0.121. The molecule has 2 rings (SSSR count). The monoisotopic (exact) mass is 511 g/mol. The van der Waals surface area contributed by atoms with Crippen molar-refractivity contribution in [3.8, 4) is 0 Å². The molecule has 0 aliphatic rings. The first kappa shape index (κ1) is 30.6. The summed E-state index contributed by atoms with van der Waals surface area (Å²) in [5.74, 6) is -0.116. The van der Waals surface area contributed by atoms with E-state index in [0.29, 0.717) is 23.3 Å². The number of hydrazone groups is 1. The maximum absolute atomic E-state index is 12.5. The van der Waals surface area contributed by atoms with E-state index in [1.165, 1.54) is 83.5 Å². The fourth-order valence-electron chi connectivity index (χ4n) is 4.55. The number of carbonyl (C=O) groups excluding carboxylic acids is 1. The lowest BCUT2D eigenvalue weighted by Gasteiger charge is -2.12. The molecule has 0 spiro atoms. The van der Waals surface area contributed by atoms with Crippen LogP contribution in [0.2, 0.25) is 0 Å². The van der Waals surface area contributed by atoms with Gasteiger partial charge in [0.25, 0.3) is 0 Å². The topological polar surface area (TPSA) is 74.9 Å². The first-order chi connectivity index (χ1) is 17.9. The van der Waals surface area contributed by atoms with Crippen LogP contribution >= 0.6 is 0 Å². The van der Waals surface area contributed by atoms with Gasteiger partial charge in [0.2, 0.25) is 5.91 Å². The fourth-order valence-corrected chi connectivity index (χ4v) is 4.55. The van der Waals surface area contributed by atoms with Crippen molar-refractivity contribution in [1.82, 2.24) is 5.43 Å². The molecule has 0 atom stereocenters. The van der Waals surface area contributed by atoms with Gasteiger partial charge in [-0.1, -0.05) is 96.8 Å². The number of hydrogen-bond donors (Lipinski definition) is 1. The van der Waals surface area contributed by atoms with Crippen molar-refractivity contribution in [1.29, 1.82) is 0 Å². The second-order valence-corrected chi connectivity index (χ2v) is 10.5. The van der Waals surface area contributed by atoms with Gasteiger partial charge in [-0.2, -0.15) is 5.10 Å². The van der Waals surface area contributed by atoms with Gasteiger partial charge in [0.15, 0.2) is 0 Å². The minimum Gasteiger partial charge on any atom is -0.422 e. The number of rotatable bonds is 19. The maximum atomic E-state index is 12.5. The van der Waals surface area contributed by atoms with Gasteiger partial charge in [-0.05, 0) is 31.5 Å². The molecule has 1 heterocycles. The summed E-state index contributed by atoms with van der Waals surface area (Å²) in [6, 6.07) is 7.49. The Labute approximate surface area is 223 Å².